The molecule has 1 saturated heterocycles. The van der Waals surface area contributed by atoms with Crippen LogP contribution in [0.4, 0.5) is 0 Å². The molecule has 2 aromatic rings. The molecule has 3 rings (SSSR count). The van der Waals surface area contributed by atoms with Gasteiger partial charge in [-0.2, -0.15) is 0 Å². The number of fused-ring (bicyclic) bond motifs is 1. The zero-order chi connectivity index (χ0) is 16.3. The Morgan fingerprint density at radius 1 is 1.26 bits per heavy atom. The fourth-order valence-electron chi connectivity index (χ4n) is 3.08. The summed E-state index contributed by atoms with van der Waals surface area (Å²) in [5.41, 5.74) is 0.299. The highest BCUT2D eigenvalue weighted by Gasteiger charge is 2.36. The predicted octanol–water partition coefficient (Wildman–Crippen LogP) is 2.58. The molecule has 1 aromatic heterocycles. The van der Waals surface area contributed by atoms with Gasteiger partial charge < -0.3 is 15.2 Å². The number of ether oxygens (including phenoxy) is 1. The molecule has 1 aliphatic rings. The number of aliphatic carboxylic acids is 1. The Kier molecular flexibility index (Phi) is 4.63. The average Bonchev–Trinajstić information content (AvgIpc) is 2.90. The molecule has 0 bridgehead atoms. The first-order valence-corrected chi connectivity index (χ1v) is 8.52. The van der Waals surface area contributed by atoms with E-state index in [2.05, 4.69) is 5.32 Å². The predicted molar refractivity (Wildman–Crippen MR) is 88.7 cm³/mol. The van der Waals surface area contributed by atoms with Gasteiger partial charge in [-0.15, -0.1) is 11.3 Å². The maximum Gasteiger partial charge on any atom is 0.305 e. The lowest BCUT2D eigenvalue weighted by Crippen LogP contribution is -2.53. The van der Waals surface area contributed by atoms with Gasteiger partial charge in [-0.1, -0.05) is 18.2 Å². The summed E-state index contributed by atoms with van der Waals surface area (Å²) in [6.45, 7) is 0.962. The first-order chi connectivity index (χ1) is 11.1. The molecule has 1 fully saturated rings. The lowest BCUT2D eigenvalue weighted by atomic mass is 9.86. The normalized spacial score (nSPS) is 17.0. The number of amides is 1. The quantitative estimate of drug-likeness (QED) is 0.882. The van der Waals surface area contributed by atoms with Crippen LogP contribution < -0.4 is 5.32 Å². The molecule has 0 radical (unpaired) electrons. The van der Waals surface area contributed by atoms with E-state index < -0.39 is 11.5 Å². The number of carbonyl (C=O) groups is 2. The zero-order valence-electron chi connectivity index (χ0n) is 12.7. The van der Waals surface area contributed by atoms with Crippen molar-refractivity contribution in [1.29, 1.82) is 0 Å². The van der Waals surface area contributed by atoms with Crippen molar-refractivity contribution in [2.24, 2.45) is 0 Å². The van der Waals surface area contributed by atoms with Crippen molar-refractivity contribution < 1.29 is 19.4 Å². The highest BCUT2D eigenvalue weighted by molar-refractivity contribution is 7.17. The third kappa shape index (κ3) is 3.71. The van der Waals surface area contributed by atoms with Crippen LogP contribution in [0.1, 0.15) is 24.8 Å². The highest BCUT2D eigenvalue weighted by atomic mass is 32.1. The lowest BCUT2D eigenvalue weighted by molar-refractivity contribution is -0.140. The van der Waals surface area contributed by atoms with Crippen molar-refractivity contribution in [3.05, 3.63) is 35.2 Å². The fourth-order valence-corrected chi connectivity index (χ4v) is 4.04. The molecule has 0 atom stereocenters. The summed E-state index contributed by atoms with van der Waals surface area (Å²) >= 11 is 1.62. The van der Waals surface area contributed by atoms with Gasteiger partial charge in [-0.25, -0.2) is 0 Å². The van der Waals surface area contributed by atoms with Gasteiger partial charge in [0.15, 0.2) is 0 Å². The molecule has 1 amide bonds. The van der Waals surface area contributed by atoms with Crippen molar-refractivity contribution >= 4 is 33.3 Å². The third-order valence-electron chi connectivity index (χ3n) is 4.26. The van der Waals surface area contributed by atoms with Crippen LogP contribution in [-0.4, -0.2) is 35.7 Å². The molecule has 2 heterocycles. The van der Waals surface area contributed by atoms with E-state index in [4.69, 9.17) is 9.84 Å². The molecule has 23 heavy (non-hydrogen) atoms. The zero-order valence-corrected chi connectivity index (χ0v) is 13.5. The van der Waals surface area contributed by atoms with Gasteiger partial charge in [-0.05, 0) is 35.2 Å². The molecule has 0 aliphatic carbocycles. The number of carbonyl (C=O) groups excluding carboxylic acids is 1. The molecular weight excluding hydrogens is 314 g/mol. The van der Waals surface area contributed by atoms with E-state index in [0.29, 0.717) is 26.1 Å². The summed E-state index contributed by atoms with van der Waals surface area (Å²) in [7, 11) is 0. The van der Waals surface area contributed by atoms with Crippen molar-refractivity contribution in [3.63, 3.8) is 0 Å². The number of benzene rings is 1. The average molecular weight is 333 g/mol. The fraction of sp³-hybridized carbons (Fsp3) is 0.412. The number of hydrogen-bond acceptors (Lipinski definition) is 4. The second-order valence-electron chi connectivity index (χ2n) is 5.95. The summed E-state index contributed by atoms with van der Waals surface area (Å²) in [5, 5.41) is 15.2. The Balaban J connectivity index is 1.73. The van der Waals surface area contributed by atoms with Gasteiger partial charge in [0.2, 0.25) is 5.91 Å². The Morgan fingerprint density at radius 2 is 2.00 bits per heavy atom. The maximum atomic E-state index is 12.5. The molecule has 0 spiro atoms. The molecule has 2 N–H and O–H groups in total. The van der Waals surface area contributed by atoms with Crippen LogP contribution in [0.3, 0.4) is 0 Å². The SMILES string of the molecule is O=C(O)CC1(NC(=O)Cc2csc3ccccc23)CCOCC1. The van der Waals surface area contributed by atoms with E-state index in [0.717, 1.165) is 15.6 Å². The number of nitrogens with one attached hydrogen (secondary N) is 1. The molecular formula is C17H19NO4S. The molecule has 0 unspecified atom stereocenters. The monoisotopic (exact) mass is 333 g/mol. The third-order valence-corrected chi connectivity index (χ3v) is 5.27. The van der Waals surface area contributed by atoms with Gasteiger partial charge >= 0.3 is 5.97 Å². The van der Waals surface area contributed by atoms with E-state index in [9.17, 15) is 9.59 Å². The number of hydrogen-bond donors (Lipinski definition) is 2. The topological polar surface area (TPSA) is 75.6 Å². The Labute approximate surface area is 138 Å². The molecule has 1 aliphatic heterocycles. The first kappa shape index (κ1) is 16.0. The highest BCUT2D eigenvalue weighted by Crippen LogP contribution is 2.28. The minimum atomic E-state index is -0.895. The molecule has 6 heteroatoms. The number of rotatable bonds is 5. The summed E-state index contributed by atoms with van der Waals surface area (Å²) in [4.78, 5) is 23.6. The first-order valence-electron chi connectivity index (χ1n) is 7.64. The summed E-state index contributed by atoms with van der Waals surface area (Å²) < 4.78 is 6.46. The van der Waals surface area contributed by atoms with Gasteiger partial charge in [0.05, 0.1) is 18.4 Å². The van der Waals surface area contributed by atoms with Gasteiger partial charge in [0.1, 0.15) is 0 Å². The van der Waals surface area contributed by atoms with Crippen LogP contribution in [0.25, 0.3) is 10.1 Å². The van der Waals surface area contributed by atoms with Crippen molar-refractivity contribution in [1.82, 2.24) is 5.32 Å². The summed E-state index contributed by atoms with van der Waals surface area (Å²) in [6, 6.07) is 7.98. The number of carboxylic acids is 1. The lowest BCUT2D eigenvalue weighted by Gasteiger charge is -2.36. The van der Waals surface area contributed by atoms with E-state index in [1.165, 1.54) is 0 Å². The van der Waals surface area contributed by atoms with Crippen LogP contribution in [0.15, 0.2) is 29.6 Å². The summed E-state index contributed by atoms with van der Waals surface area (Å²) in [6.07, 6.45) is 1.28. The van der Waals surface area contributed by atoms with Crippen molar-refractivity contribution in [2.75, 3.05) is 13.2 Å². The minimum Gasteiger partial charge on any atom is -0.481 e. The molecule has 122 valence electrons. The minimum absolute atomic E-state index is 0.0630. The van der Waals surface area contributed by atoms with E-state index >= 15 is 0 Å². The van der Waals surface area contributed by atoms with E-state index in [-0.39, 0.29) is 18.7 Å². The Morgan fingerprint density at radius 3 is 2.74 bits per heavy atom. The van der Waals surface area contributed by atoms with E-state index in [1.54, 1.807) is 11.3 Å². The van der Waals surface area contributed by atoms with Gasteiger partial charge in [-0.3, -0.25) is 9.59 Å². The maximum absolute atomic E-state index is 12.5. The van der Waals surface area contributed by atoms with E-state index in [1.807, 2.05) is 29.6 Å². The Hall–Kier alpha value is -1.92. The second-order valence-corrected chi connectivity index (χ2v) is 6.86. The van der Waals surface area contributed by atoms with Gasteiger partial charge in [0.25, 0.3) is 0 Å². The number of carboxylic acid groups (broad SMARTS) is 1. The van der Waals surface area contributed by atoms with Crippen LogP contribution in [-0.2, 0) is 20.7 Å². The van der Waals surface area contributed by atoms with Crippen LogP contribution in [0, 0.1) is 0 Å². The Bertz CT molecular complexity index is 718. The summed E-state index contributed by atoms with van der Waals surface area (Å²) in [5.74, 6) is -1.02. The van der Waals surface area contributed by atoms with Crippen molar-refractivity contribution in [3.8, 4) is 0 Å². The number of thiophene rings is 1. The smallest absolute Gasteiger partial charge is 0.305 e. The molecule has 0 saturated carbocycles. The second kappa shape index (κ2) is 6.68. The van der Waals surface area contributed by atoms with Crippen LogP contribution in [0.2, 0.25) is 0 Å². The molecule has 1 aromatic carbocycles. The van der Waals surface area contributed by atoms with Crippen LogP contribution >= 0.6 is 11.3 Å². The standard InChI is InChI=1S/C17H19NO4S/c19-15(9-12-11-23-14-4-2-1-3-13(12)14)18-17(10-16(20)21)5-7-22-8-6-17/h1-4,11H,5-10H2,(H,18,19)(H,20,21). The van der Waals surface area contributed by atoms with Crippen molar-refractivity contribution in [2.45, 2.75) is 31.2 Å². The largest absolute Gasteiger partial charge is 0.481 e. The van der Waals surface area contributed by atoms with Crippen LogP contribution in [0.5, 0.6) is 0 Å². The molecule has 5 nitrogen and oxygen atoms in total. The van der Waals surface area contributed by atoms with Gasteiger partial charge in [0, 0.05) is 17.9 Å².